The summed E-state index contributed by atoms with van der Waals surface area (Å²) in [5.74, 6) is -0.189. The van der Waals surface area contributed by atoms with E-state index in [-0.39, 0.29) is 5.82 Å². The van der Waals surface area contributed by atoms with Crippen molar-refractivity contribution in [1.82, 2.24) is 5.32 Å². The number of hydrogen-bond donors (Lipinski definition) is 1. The molecule has 0 radical (unpaired) electrons. The minimum absolute atomic E-state index is 0.189. The molecule has 0 fully saturated rings. The Labute approximate surface area is 112 Å². The van der Waals surface area contributed by atoms with Gasteiger partial charge in [0.25, 0.3) is 0 Å². The first-order chi connectivity index (χ1) is 8.65. The van der Waals surface area contributed by atoms with E-state index >= 15 is 0 Å². The van der Waals surface area contributed by atoms with Crippen LogP contribution in [0.3, 0.4) is 0 Å². The third-order valence-corrected chi connectivity index (χ3v) is 3.07. The lowest BCUT2D eigenvalue weighted by molar-refractivity contribution is 0.623. The van der Waals surface area contributed by atoms with Crippen LogP contribution in [0.1, 0.15) is 16.7 Å². The number of hydrogen-bond acceptors (Lipinski definition) is 1. The van der Waals surface area contributed by atoms with E-state index in [4.69, 9.17) is 11.6 Å². The second kappa shape index (κ2) is 5.98. The third-order valence-electron chi connectivity index (χ3n) is 2.84. The Hall–Kier alpha value is -1.38. The van der Waals surface area contributed by atoms with Gasteiger partial charge in [0.15, 0.2) is 0 Å². The maximum Gasteiger partial charge on any atom is 0.123 e. The molecular formula is C15H15ClFN. The molecule has 2 rings (SSSR count). The fraction of sp³-hybridized carbons (Fsp3) is 0.200. The molecule has 0 spiro atoms. The van der Waals surface area contributed by atoms with Gasteiger partial charge in [-0.05, 0) is 47.9 Å². The summed E-state index contributed by atoms with van der Waals surface area (Å²) in [6.45, 7) is 3.38. The average molecular weight is 264 g/mol. The summed E-state index contributed by atoms with van der Waals surface area (Å²) >= 11 is 5.91. The molecule has 18 heavy (non-hydrogen) atoms. The van der Waals surface area contributed by atoms with Gasteiger partial charge in [0, 0.05) is 18.1 Å². The lowest BCUT2D eigenvalue weighted by Crippen LogP contribution is -2.13. The normalized spacial score (nSPS) is 10.6. The molecule has 2 aromatic rings. The number of aryl methyl sites for hydroxylation is 1. The van der Waals surface area contributed by atoms with Gasteiger partial charge in [-0.1, -0.05) is 29.8 Å². The number of nitrogens with one attached hydrogen (secondary N) is 1. The Kier molecular flexibility index (Phi) is 4.34. The van der Waals surface area contributed by atoms with Gasteiger partial charge in [-0.3, -0.25) is 0 Å². The van der Waals surface area contributed by atoms with Gasteiger partial charge in [-0.2, -0.15) is 0 Å². The standard InChI is InChI=1S/C15H15ClFN/c1-11-7-15(17)6-5-13(11)10-18-9-12-3-2-4-14(16)8-12/h2-8,18H,9-10H2,1H3. The topological polar surface area (TPSA) is 12.0 Å². The van der Waals surface area contributed by atoms with E-state index in [0.717, 1.165) is 34.8 Å². The lowest BCUT2D eigenvalue weighted by atomic mass is 10.1. The Bertz CT molecular complexity index is 540. The van der Waals surface area contributed by atoms with Crippen molar-refractivity contribution in [3.05, 3.63) is 70.0 Å². The van der Waals surface area contributed by atoms with Crippen LogP contribution < -0.4 is 5.32 Å². The Morgan fingerprint density at radius 2 is 1.94 bits per heavy atom. The summed E-state index contributed by atoms with van der Waals surface area (Å²) in [7, 11) is 0. The predicted octanol–water partition coefficient (Wildman–Crippen LogP) is 4.08. The first-order valence-electron chi connectivity index (χ1n) is 5.85. The quantitative estimate of drug-likeness (QED) is 0.877. The van der Waals surface area contributed by atoms with Crippen LogP contribution >= 0.6 is 11.6 Å². The molecule has 1 N–H and O–H groups in total. The number of benzene rings is 2. The third kappa shape index (κ3) is 3.56. The smallest absolute Gasteiger partial charge is 0.123 e. The van der Waals surface area contributed by atoms with Crippen molar-refractivity contribution < 1.29 is 4.39 Å². The van der Waals surface area contributed by atoms with Gasteiger partial charge in [0.05, 0.1) is 0 Å². The first kappa shape index (κ1) is 13.1. The molecule has 0 aromatic heterocycles. The molecule has 0 bridgehead atoms. The van der Waals surface area contributed by atoms with Gasteiger partial charge in [-0.15, -0.1) is 0 Å². The van der Waals surface area contributed by atoms with Crippen molar-refractivity contribution in [2.24, 2.45) is 0 Å². The van der Waals surface area contributed by atoms with Crippen molar-refractivity contribution >= 4 is 11.6 Å². The molecule has 0 atom stereocenters. The van der Waals surface area contributed by atoms with Crippen molar-refractivity contribution in [1.29, 1.82) is 0 Å². The van der Waals surface area contributed by atoms with Crippen molar-refractivity contribution in [2.45, 2.75) is 20.0 Å². The molecule has 0 saturated carbocycles. The molecule has 0 aliphatic carbocycles. The van der Waals surface area contributed by atoms with Crippen LogP contribution in [0.5, 0.6) is 0 Å². The highest BCUT2D eigenvalue weighted by atomic mass is 35.5. The highest BCUT2D eigenvalue weighted by Gasteiger charge is 2.00. The molecule has 0 saturated heterocycles. The number of halogens is 2. The van der Waals surface area contributed by atoms with Crippen LogP contribution in [-0.2, 0) is 13.1 Å². The summed E-state index contributed by atoms with van der Waals surface area (Å²) in [4.78, 5) is 0. The molecule has 94 valence electrons. The van der Waals surface area contributed by atoms with Gasteiger partial charge >= 0.3 is 0 Å². The zero-order valence-electron chi connectivity index (χ0n) is 10.2. The van der Waals surface area contributed by atoms with E-state index in [2.05, 4.69) is 5.32 Å². The Morgan fingerprint density at radius 1 is 1.11 bits per heavy atom. The SMILES string of the molecule is Cc1cc(F)ccc1CNCc1cccc(Cl)c1. The lowest BCUT2D eigenvalue weighted by Gasteiger charge is -2.08. The minimum atomic E-state index is -0.189. The summed E-state index contributed by atoms with van der Waals surface area (Å²) in [5, 5.41) is 4.07. The average Bonchev–Trinajstić information content (AvgIpc) is 2.32. The van der Waals surface area contributed by atoms with Gasteiger partial charge < -0.3 is 5.32 Å². The van der Waals surface area contributed by atoms with Crippen LogP contribution in [0.4, 0.5) is 4.39 Å². The van der Waals surface area contributed by atoms with Gasteiger partial charge in [0.1, 0.15) is 5.82 Å². The largest absolute Gasteiger partial charge is 0.309 e. The van der Waals surface area contributed by atoms with E-state index in [9.17, 15) is 4.39 Å². The van der Waals surface area contributed by atoms with Crippen LogP contribution in [0.15, 0.2) is 42.5 Å². The van der Waals surface area contributed by atoms with Crippen molar-refractivity contribution in [3.8, 4) is 0 Å². The predicted molar refractivity (Wildman–Crippen MR) is 73.1 cm³/mol. The van der Waals surface area contributed by atoms with Crippen LogP contribution in [0.2, 0.25) is 5.02 Å². The van der Waals surface area contributed by atoms with Crippen molar-refractivity contribution in [2.75, 3.05) is 0 Å². The fourth-order valence-electron chi connectivity index (χ4n) is 1.85. The van der Waals surface area contributed by atoms with Gasteiger partial charge in [-0.25, -0.2) is 4.39 Å². The van der Waals surface area contributed by atoms with E-state index in [0.29, 0.717) is 0 Å². The highest BCUT2D eigenvalue weighted by molar-refractivity contribution is 6.30. The molecule has 0 amide bonds. The molecule has 0 aliphatic rings. The number of rotatable bonds is 4. The second-order valence-corrected chi connectivity index (χ2v) is 4.74. The van der Waals surface area contributed by atoms with E-state index in [1.54, 1.807) is 6.07 Å². The molecule has 2 aromatic carbocycles. The Morgan fingerprint density at radius 3 is 2.67 bits per heavy atom. The second-order valence-electron chi connectivity index (χ2n) is 4.30. The summed E-state index contributed by atoms with van der Waals surface area (Å²) in [6.07, 6.45) is 0. The highest BCUT2D eigenvalue weighted by Crippen LogP contribution is 2.12. The zero-order chi connectivity index (χ0) is 13.0. The van der Waals surface area contributed by atoms with Crippen LogP contribution in [0.25, 0.3) is 0 Å². The molecule has 0 aliphatic heterocycles. The van der Waals surface area contributed by atoms with E-state index in [1.807, 2.05) is 37.3 Å². The first-order valence-corrected chi connectivity index (χ1v) is 6.23. The molecule has 3 heteroatoms. The zero-order valence-corrected chi connectivity index (χ0v) is 11.0. The molecular weight excluding hydrogens is 249 g/mol. The van der Waals surface area contributed by atoms with E-state index < -0.39 is 0 Å². The van der Waals surface area contributed by atoms with Crippen LogP contribution in [-0.4, -0.2) is 0 Å². The molecule has 1 nitrogen and oxygen atoms in total. The summed E-state index contributed by atoms with van der Waals surface area (Å²) < 4.78 is 12.9. The fourth-order valence-corrected chi connectivity index (χ4v) is 2.06. The molecule has 0 unspecified atom stereocenters. The molecule has 0 heterocycles. The Balaban J connectivity index is 1.92. The van der Waals surface area contributed by atoms with E-state index in [1.165, 1.54) is 6.07 Å². The maximum absolute atomic E-state index is 12.9. The summed E-state index contributed by atoms with van der Waals surface area (Å²) in [6, 6.07) is 12.6. The maximum atomic E-state index is 12.9. The minimum Gasteiger partial charge on any atom is -0.309 e. The summed E-state index contributed by atoms with van der Waals surface area (Å²) in [5.41, 5.74) is 3.22. The van der Waals surface area contributed by atoms with Crippen LogP contribution in [0, 0.1) is 12.7 Å². The van der Waals surface area contributed by atoms with Crippen molar-refractivity contribution in [3.63, 3.8) is 0 Å². The monoisotopic (exact) mass is 263 g/mol. The van der Waals surface area contributed by atoms with Gasteiger partial charge in [0.2, 0.25) is 0 Å².